The van der Waals surface area contributed by atoms with E-state index in [1.54, 1.807) is 0 Å². The number of hydrogen-bond acceptors (Lipinski definition) is 4. The standard InChI is InChI=1S/C16H27NO3Si/c1-16(2,3)21(4,5)20-9-8-13-6-7-14(17-12-13)15-18-10-11-19-15/h6-7,12,15H,8-11H2,1-5H3. The first-order valence-electron chi connectivity index (χ1n) is 7.61. The van der Waals surface area contributed by atoms with Gasteiger partial charge in [-0.1, -0.05) is 26.8 Å². The summed E-state index contributed by atoms with van der Waals surface area (Å²) in [5, 5.41) is 0.256. The molecule has 0 spiro atoms. The average molecular weight is 309 g/mol. The maximum Gasteiger partial charge on any atom is 0.201 e. The molecule has 1 aromatic rings. The van der Waals surface area contributed by atoms with Gasteiger partial charge in [0.05, 0.1) is 18.9 Å². The van der Waals surface area contributed by atoms with Crippen LogP contribution in [0.5, 0.6) is 0 Å². The highest BCUT2D eigenvalue weighted by Crippen LogP contribution is 2.36. The molecule has 21 heavy (non-hydrogen) atoms. The van der Waals surface area contributed by atoms with Gasteiger partial charge in [-0.15, -0.1) is 0 Å². The summed E-state index contributed by atoms with van der Waals surface area (Å²) in [4.78, 5) is 4.43. The van der Waals surface area contributed by atoms with E-state index in [9.17, 15) is 0 Å². The molecule has 2 heterocycles. The van der Waals surface area contributed by atoms with Crippen molar-refractivity contribution in [1.29, 1.82) is 0 Å². The smallest absolute Gasteiger partial charge is 0.201 e. The second-order valence-corrected chi connectivity index (χ2v) is 11.8. The summed E-state index contributed by atoms with van der Waals surface area (Å²) in [6.45, 7) is 13.4. The van der Waals surface area contributed by atoms with Crippen molar-refractivity contribution < 1.29 is 13.9 Å². The molecule has 1 fully saturated rings. The van der Waals surface area contributed by atoms with Crippen molar-refractivity contribution in [3.8, 4) is 0 Å². The summed E-state index contributed by atoms with van der Waals surface area (Å²) in [7, 11) is -1.65. The SMILES string of the molecule is CC(C)(C)[Si](C)(C)OCCc1ccc(C2OCCO2)nc1. The minimum atomic E-state index is -1.65. The van der Waals surface area contributed by atoms with E-state index in [1.807, 2.05) is 12.3 Å². The van der Waals surface area contributed by atoms with Crippen molar-refractivity contribution >= 4 is 8.32 Å². The fourth-order valence-electron chi connectivity index (χ4n) is 1.89. The van der Waals surface area contributed by atoms with E-state index in [1.165, 1.54) is 5.56 Å². The highest BCUT2D eigenvalue weighted by atomic mass is 28.4. The van der Waals surface area contributed by atoms with Crippen molar-refractivity contribution in [3.05, 3.63) is 29.6 Å². The van der Waals surface area contributed by atoms with Crippen LogP contribution in [0.25, 0.3) is 0 Å². The lowest BCUT2D eigenvalue weighted by atomic mass is 10.2. The molecule has 0 N–H and O–H groups in total. The Balaban J connectivity index is 1.84. The lowest BCUT2D eigenvalue weighted by Crippen LogP contribution is -2.41. The Morgan fingerprint density at radius 2 is 1.90 bits per heavy atom. The number of rotatable bonds is 5. The lowest BCUT2D eigenvalue weighted by molar-refractivity contribution is -0.0473. The van der Waals surface area contributed by atoms with Crippen LogP contribution in [0.4, 0.5) is 0 Å². The predicted octanol–water partition coefficient (Wildman–Crippen LogP) is 3.69. The Kier molecular flexibility index (Phi) is 5.19. The van der Waals surface area contributed by atoms with Crippen LogP contribution in [0.15, 0.2) is 18.3 Å². The highest BCUT2D eigenvalue weighted by molar-refractivity contribution is 6.74. The Labute approximate surface area is 129 Å². The van der Waals surface area contributed by atoms with E-state index in [4.69, 9.17) is 13.9 Å². The second kappa shape index (κ2) is 6.56. The van der Waals surface area contributed by atoms with Gasteiger partial charge in [0.15, 0.2) is 8.32 Å². The predicted molar refractivity (Wildman–Crippen MR) is 85.7 cm³/mol. The summed E-state index contributed by atoms with van der Waals surface area (Å²) < 4.78 is 17.1. The van der Waals surface area contributed by atoms with Gasteiger partial charge in [0.2, 0.25) is 6.29 Å². The van der Waals surface area contributed by atoms with E-state index < -0.39 is 8.32 Å². The molecule has 0 saturated carbocycles. The lowest BCUT2D eigenvalue weighted by Gasteiger charge is -2.36. The maximum atomic E-state index is 6.19. The van der Waals surface area contributed by atoms with Crippen LogP contribution < -0.4 is 0 Å². The maximum absolute atomic E-state index is 6.19. The zero-order valence-electron chi connectivity index (χ0n) is 13.8. The summed E-state index contributed by atoms with van der Waals surface area (Å²) in [5.74, 6) is 0. The largest absolute Gasteiger partial charge is 0.416 e. The number of pyridine rings is 1. The van der Waals surface area contributed by atoms with Gasteiger partial charge in [-0.25, -0.2) is 0 Å². The molecule has 1 aliphatic heterocycles. The fraction of sp³-hybridized carbons (Fsp3) is 0.688. The highest BCUT2D eigenvalue weighted by Gasteiger charge is 2.36. The molecule has 4 nitrogen and oxygen atoms in total. The number of ether oxygens (including phenoxy) is 2. The number of aromatic nitrogens is 1. The normalized spacial score (nSPS) is 17.4. The van der Waals surface area contributed by atoms with E-state index in [0.29, 0.717) is 13.2 Å². The molecule has 1 saturated heterocycles. The molecule has 0 unspecified atom stereocenters. The molecule has 0 bridgehead atoms. The minimum absolute atomic E-state index is 0.256. The third kappa shape index (κ3) is 4.36. The summed E-state index contributed by atoms with van der Waals surface area (Å²) >= 11 is 0. The van der Waals surface area contributed by atoms with Crippen molar-refractivity contribution in [2.45, 2.75) is 51.6 Å². The van der Waals surface area contributed by atoms with Gasteiger partial charge in [-0.05, 0) is 36.2 Å². The third-order valence-electron chi connectivity index (χ3n) is 4.37. The first-order chi connectivity index (χ1) is 9.79. The first kappa shape index (κ1) is 16.6. The zero-order valence-corrected chi connectivity index (χ0v) is 14.8. The first-order valence-corrected chi connectivity index (χ1v) is 10.5. The Bertz CT molecular complexity index is 448. The molecule has 0 atom stereocenters. The number of nitrogens with zero attached hydrogens (tertiary/aromatic N) is 1. The fourth-order valence-corrected chi connectivity index (χ4v) is 2.94. The zero-order chi connectivity index (χ0) is 15.5. The van der Waals surface area contributed by atoms with Crippen molar-refractivity contribution in [1.82, 2.24) is 4.98 Å². The van der Waals surface area contributed by atoms with Gasteiger partial charge in [-0.2, -0.15) is 0 Å². The molecular formula is C16H27NO3Si. The molecule has 0 radical (unpaired) electrons. The van der Waals surface area contributed by atoms with E-state index >= 15 is 0 Å². The molecular weight excluding hydrogens is 282 g/mol. The van der Waals surface area contributed by atoms with E-state index in [-0.39, 0.29) is 11.3 Å². The third-order valence-corrected chi connectivity index (χ3v) is 8.91. The minimum Gasteiger partial charge on any atom is -0.416 e. The molecule has 0 amide bonds. The van der Waals surface area contributed by atoms with Gasteiger partial charge < -0.3 is 13.9 Å². The average Bonchev–Trinajstić information content (AvgIpc) is 2.92. The van der Waals surface area contributed by atoms with Crippen LogP contribution in [0.3, 0.4) is 0 Å². The second-order valence-electron chi connectivity index (χ2n) is 7.02. The Hall–Kier alpha value is -0.753. The van der Waals surface area contributed by atoms with Gasteiger partial charge in [0.1, 0.15) is 0 Å². The van der Waals surface area contributed by atoms with Crippen LogP contribution in [-0.2, 0) is 20.3 Å². The summed E-state index contributed by atoms with van der Waals surface area (Å²) in [6.07, 6.45) is 2.50. The number of hydrogen-bond donors (Lipinski definition) is 0. The summed E-state index contributed by atoms with van der Waals surface area (Å²) in [6, 6.07) is 4.07. The molecule has 118 valence electrons. The van der Waals surface area contributed by atoms with Crippen LogP contribution in [0.2, 0.25) is 18.1 Å². The van der Waals surface area contributed by atoms with Crippen molar-refractivity contribution in [2.75, 3.05) is 19.8 Å². The van der Waals surface area contributed by atoms with Crippen molar-refractivity contribution in [3.63, 3.8) is 0 Å². The monoisotopic (exact) mass is 309 g/mol. The van der Waals surface area contributed by atoms with Crippen LogP contribution >= 0.6 is 0 Å². The van der Waals surface area contributed by atoms with Gasteiger partial charge >= 0.3 is 0 Å². The summed E-state index contributed by atoms with van der Waals surface area (Å²) in [5.41, 5.74) is 2.04. The van der Waals surface area contributed by atoms with Crippen LogP contribution in [0, 0.1) is 0 Å². The molecule has 0 aliphatic carbocycles. The molecule has 1 aliphatic rings. The molecule has 1 aromatic heterocycles. The quantitative estimate of drug-likeness (QED) is 0.778. The Morgan fingerprint density at radius 3 is 2.43 bits per heavy atom. The van der Waals surface area contributed by atoms with E-state index in [2.05, 4.69) is 44.9 Å². The molecule has 5 heteroatoms. The van der Waals surface area contributed by atoms with Crippen molar-refractivity contribution in [2.24, 2.45) is 0 Å². The van der Waals surface area contributed by atoms with Gasteiger partial charge in [-0.3, -0.25) is 4.98 Å². The van der Waals surface area contributed by atoms with Crippen LogP contribution in [-0.4, -0.2) is 33.1 Å². The molecule has 2 rings (SSSR count). The van der Waals surface area contributed by atoms with Gasteiger partial charge in [0.25, 0.3) is 0 Å². The molecule has 0 aromatic carbocycles. The van der Waals surface area contributed by atoms with Crippen LogP contribution in [0.1, 0.15) is 38.3 Å². The van der Waals surface area contributed by atoms with Gasteiger partial charge in [0, 0.05) is 12.8 Å². The Morgan fingerprint density at radius 1 is 1.24 bits per heavy atom. The topological polar surface area (TPSA) is 40.6 Å². The van der Waals surface area contributed by atoms with E-state index in [0.717, 1.165) is 18.7 Å².